The van der Waals surface area contributed by atoms with Crippen molar-refractivity contribution >= 4 is 46.1 Å². The molecule has 9 heteroatoms. The zero-order chi connectivity index (χ0) is 22.5. The highest BCUT2D eigenvalue weighted by atomic mass is 32.1. The second-order valence-corrected chi connectivity index (χ2v) is 8.66. The summed E-state index contributed by atoms with van der Waals surface area (Å²) in [6, 6.07) is 19.5. The summed E-state index contributed by atoms with van der Waals surface area (Å²) in [5.41, 5.74) is 7.26. The normalized spacial score (nSPS) is 10.4. The minimum Gasteiger partial charge on any atom is -0.321 e. The number of carbonyl (C=O) groups excluding carboxylic acids is 3. The number of hydrogen-bond donors (Lipinski definition) is 3. The highest BCUT2D eigenvalue weighted by molar-refractivity contribution is 7.17. The molecule has 3 N–H and O–H groups in total. The Bertz CT molecular complexity index is 1250. The summed E-state index contributed by atoms with van der Waals surface area (Å²) in [4.78, 5) is 42.5. The topological polar surface area (TPSA) is 100 Å². The molecule has 0 aliphatic rings. The van der Waals surface area contributed by atoms with E-state index in [1.54, 1.807) is 43.3 Å². The molecule has 0 unspecified atom stereocenters. The fraction of sp³-hybridized carbons (Fsp3) is 0.0435. The lowest BCUT2D eigenvalue weighted by Gasteiger charge is -2.08. The van der Waals surface area contributed by atoms with Gasteiger partial charge in [0.1, 0.15) is 9.88 Å². The maximum Gasteiger partial charge on any atom is 0.281 e. The van der Waals surface area contributed by atoms with Crippen LogP contribution in [0.5, 0.6) is 0 Å². The quantitative estimate of drug-likeness (QED) is 0.380. The lowest BCUT2D eigenvalue weighted by Crippen LogP contribution is -2.41. The van der Waals surface area contributed by atoms with Gasteiger partial charge in [0.15, 0.2) is 0 Å². The van der Waals surface area contributed by atoms with Gasteiger partial charge in [0.2, 0.25) is 0 Å². The van der Waals surface area contributed by atoms with Gasteiger partial charge in [-0.15, -0.1) is 22.7 Å². The second-order valence-electron chi connectivity index (χ2n) is 6.72. The molecule has 4 aromatic rings. The Labute approximate surface area is 192 Å². The van der Waals surface area contributed by atoms with Gasteiger partial charge in [-0.05, 0) is 42.6 Å². The van der Waals surface area contributed by atoms with E-state index in [0.717, 1.165) is 10.6 Å². The fourth-order valence-electron chi connectivity index (χ4n) is 2.86. The average Bonchev–Trinajstić information content (AvgIpc) is 3.49. The molecular formula is C23H18N4O3S2. The molecule has 4 rings (SSSR count). The second kappa shape index (κ2) is 9.54. The van der Waals surface area contributed by atoms with Crippen molar-refractivity contribution in [3.8, 4) is 10.6 Å². The zero-order valence-electron chi connectivity index (χ0n) is 16.9. The first-order valence-corrected chi connectivity index (χ1v) is 11.3. The Morgan fingerprint density at radius 1 is 0.812 bits per heavy atom. The van der Waals surface area contributed by atoms with E-state index < -0.39 is 11.8 Å². The Balaban J connectivity index is 1.35. The summed E-state index contributed by atoms with van der Waals surface area (Å²) < 4.78 is 0. The summed E-state index contributed by atoms with van der Waals surface area (Å²) in [5.74, 6) is -1.12. The third-order valence-corrected chi connectivity index (χ3v) is 6.54. The average molecular weight is 463 g/mol. The molecule has 0 aliphatic heterocycles. The summed E-state index contributed by atoms with van der Waals surface area (Å²) in [6.07, 6.45) is 0. The number of rotatable bonds is 5. The molecule has 2 aromatic heterocycles. The first kappa shape index (κ1) is 21.4. The van der Waals surface area contributed by atoms with E-state index in [2.05, 4.69) is 21.2 Å². The van der Waals surface area contributed by atoms with E-state index in [0.29, 0.717) is 26.7 Å². The monoisotopic (exact) mass is 462 g/mol. The number of aromatic nitrogens is 1. The van der Waals surface area contributed by atoms with Gasteiger partial charge in [-0.3, -0.25) is 25.2 Å². The van der Waals surface area contributed by atoms with Crippen LogP contribution < -0.4 is 16.2 Å². The van der Waals surface area contributed by atoms with E-state index in [1.807, 2.05) is 35.7 Å². The Kier molecular flexibility index (Phi) is 6.39. The van der Waals surface area contributed by atoms with Crippen LogP contribution in [0.4, 0.5) is 5.69 Å². The molecule has 0 aliphatic carbocycles. The molecule has 0 spiro atoms. The molecule has 2 aromatic carbocycles. The SMILES string of the molecule is Cc1nc(-c2ccccc2)sc1C(=O)NNC(=O)c1ccc(NC(=O)c2cccs2)cc1. The molecule has 7 nitrogen and oxygen atoms in total. The van der Waals surface area contributed by atoms with Gasteiger partial charge in [-0.2, -0.15) is 0 Å². The predicted molar refractivity (Wildman–Crippen MR) is 126 cm³/mol. The van der Waals surface area contributed by atoms with Crippen LogP contribution in [0.2, 0.25) is 0 Å². The first-order chi connectivity index (χ1) is 15.5. The van der Waals surface area contributed by atoms with Crippen LogP contribution in [0.15, 0.2) is 72.1 Å². The number of aryl methyl sites for hydroxylation is 1. The molecule has 32 heavy (non-hydrogen) atoms. The molecule has 0 radical (unpaired) electrons. The molecule has 0 fully saturated rings. The van der Waals surface area contributed by atoms with Gasteiger partial charge in [0, 0.05) is 16.8 Å². The molecule has 0 saturated carbocycles. The predicted octanol–water partition coefficient (Wildman–Crippen LogP) is 4.51. The van der Waals surface area contributed by atoms with Gasteiger partial charge in [0.25, 0.3) is 17.7 Å². The molecule has 3 amide bonds. The zero-order valence-corrected chi connectivity index (χ0v) is 18.5. The molecule has 0 saturated heterocycles. The summed E-state index contributed by atoms with van der Waals surface area (Å²) in [7, 11) is 0. The largest absolute Gasteiger partial charge is 0.321 e. The van der Waals surface area contributed by atoms with E-state index in [1.165, 1.54) is 22.7 Å². The third-order valence-electron chi connectivity index (χ3n) is 4.46. The van der Waals surface area contributed by atoms with Crippen molar-refractivity contribution in [3.63, 3.8) is 0 Å². The highest BCUT2D eigenvalue weighted by Gasteiger charge is 2.17. The molecule has 0 bridgehead atoms. The van der Waals surface area contributed by atoms with E-state index in [-0.39, 0.29) is 5.91 Å². The molecular weight excluding hydrogens is 444 g/mol. The van der Waals surface area contributed by atoms with E-state index >= 15 is 0 Å². The van der Waals surface area contributed by atoms with Crippen LogP contribution in [0.1, 0.15) is 35.4 Å². The van der Waals surface area contributed by atoms with Gasteiger partial charge >= 0.3 is 0 Å². The number of anilines is 1. The Morgan fingerprint density at radius 2 is 1.53 bits per heavy atom. The standard InChI is InChI=1S/C23H18N4O3S2/c1-14-19(32-23(24-14)16-6-3-2-4-7-16)22(30)27-26-20(28)15-9-11-17(12-10-15)25-21(29)18-8-5-13-31-18/h2-13H,1H3,(H,25,29)(H,26,28)(H,27,30). The van der Waals surface area contributed by atoms with Crippen molar-refractivity contribution in [2.45, 2.75) is 6.92 Å². The van der Waals surface area contributed by atoms with Crippen LogP contribution in [0.3, 0.4) is 0 Å². The number of nitrogens with one attached hydrogen (secondary N) is 3. The maximum atomic E-state index is 12.5. The van der Waals surface area contributed by atoms with Crippen LogP contribution in [-0.4, -0.2) is 22.7 Å². The summed E-state index contributed by atoms with van der Waals surface area (Å²) in [6.45, 7) is 1.75. The molecule has 160 valence electrons. The van der Waals surface area contributed by atoms with Gasteiger partial charge in [0.05, 0.1) is 10.6 Å². The molecule has 0 atom stereocenters. The number of carbonyl (C=O) groups is 3. The number of amides is 3. The number of thiazole rings is 1. The Hall–Kier alpha value is -3.82. The van der Waals surface area contributed by atoms with Crippen molar-refractivity contribution in [2.24, 2.45) is 0 Å². The summed E-state index contributed by atoms with van der Waals surface area (Å²) in [5, 5.41) is 5.33. The van der Waals surface area contributed by atoms with Crippen LogP contribution in [0, 0.1) is 6.92 Å². The van der Waals surface area contributed by atoms with Crippen LogP contribution >= 0.6 is 22.7 Å². The van der Waals surface area contributed by atoms with Gasteiger partial charge < -0.3 is 5.32 Å². The minimum atomic E-state index is -0.472. The third kappa shape index (κ3) is 4.90. The number of hydrazine groups is 1. The van der Waals surface area contributed by atoms with Gasteiger partial charge in [-0.25, -0.2) is 4.98 Å². The smallest absolute Gasteiger partial charge is 0.281 e. The van der Waals surface area contributed by atoms with Crippen molar-refractivity contribution in [3.05, 3.63) is 93.1 Å². The van der Waals surface area contributed by atoms with E-state index in [9.17, 15) is 14.4 Å². The highest BCUT2D eigenvalue weighted by Crippen LogP contribution is 2.27. The first-order valence-electron chi connectivity index (χ1n) is 9.60. The van der Waals surface area contributed by atoms with Crippen molar-refractivity contribution in [2.75, 3.05) is 5.32 Å². The molecule has 2 heterocycles. The summed E-state index contributed by atoms with van der Waals surface area (Å²) >= 11 is 2.61. The number of thiophene rings is 1. The number of nitrogens with zero attached hydrogens (tertiary/aromatic N) is 1. The Morgan fingerprint density at radius 3 is 2.22 bits per heavy atom. The fourth-order valence-corrected chi connectivity index (χ4v) is 4.45. The lowest BCUT2D eigenvalue weighted by molar-refractivity contribution is 0.0848. The maximum absolute atomic E-state index is 12.5. The van der Waals surface area contributed by atoms with Crippen LogP contribution in [-0.2, 0) is 0 Å². The minimum absolute atomic E-state index is 0.209. The number of hydrogen-bond acceptors (Lipinski definition) is 6. The van der Waals surface area contributed by atoms with Crippen LogP contribution in [0.25, 0.3) is 10.6 Å². The van der Waals surface area contributed by atoms with Crippen molar-refractivity contribution < 1.29 is 14.4 Å². The van der Waals surface area contributed by atoms with Gasteiger partial charge in [-0.1, -0.05) is 36.4 Å². The van der Waals surface area contributed by atoms with Crippen molar-refractivity contribution in [1.29, 1.82) is 0 Å². The number of benzene rings is 2. The lowest BCUT2D eigenvalue weighted by atomic mass is 10.2. The van der Waals surface area contributed by atoms with E-state index in [4.69, 9.17) is 0 Å². The van der Waals surface area contributed by atoms with Crippen molar-refractivity contribution in [1.82, 2.24) is 15.8 Å².